The summed E-state index contributed by atoms with van der Waals surface area (Å²) in [6.45, 7) is 0. The highest BCUT2D eigenvalue weighted by molar-refractivity contribution is 6.16. The number of methoxy groups -OCH3 is 1. The predicted octanol–water partition coefficient (Wildman–Crippen LogP) is 3.20. The SMILES string of the molecule is COC(=O)c1ccc(C(=O)c2cccc3ccccc23)n1C. The third-order valence-electron chi connectivity index (χ3n) is 3.78. The zero-order chi connectivity index (χ0) is 15.7. The number of benzene rings is 2. The molecule has 3 aromatic rings. The summed E-state index contributed by atoms with van der Waals surface area (Å²) in [6, 6.07) is 16.6. The van der Waals surface area contributed by atoms with Gasteiger partial charge in [0.2, 0.25) is 5.78 Å². The Balaban J connectivity index is 2.11. The molecule has 1 aromatic heterocycles. The summed E-state index contributed by atoms with van der Waals surface area (Å²) in [7, 11) is 3.01. The van der Waals surface area contributed by atoms with Crippen molar-refractivity contribution in [2.45, 2.75) is 0 Å². The molecule has 2 aromatic carbocycles. The van der Waals surface area contributed by atoms with Crippen molar-refractivity contribution in [3.05, 3.63) is 71.5 Å². The monoisotopic (exact) mass is 293 g/mol. The highest BCUT2D eigenvalue weighted by Crippen LogP contribution is 2.22. The molecular weight excluding hydrogens is 278 g/mol. The van der Waals surface area contributed by atoms with Gasteiger partial charge in [-0.25, -0.2) is 4.79 Å². The molecule has 0 amide bonds. The summed E-state index contributed by atoms with van der Waals surface area (Å²) in [5, 5.41) is 1.91. The van der Waals surface area contributed by atoms with Gasteiger partial charge in [-0.2, -0.15) is 0 Å². The third kappa shape index (κ3) is 2.19. The van der Waals surface area contributed by atoms with Crippen LogP contribution >= 0.6 is 0 Å². The number of esters is 1. The fraction of sp³-hybridized carbons (Fsp3) is 0.111. The predicted molar refractivity (Wildman–Crippen MR) is 84.1 cm³/mol. The van der Waals surface area contributed by atoms with Crippen molar-refractivity contribution in [1.82, 2.24) is 4.57 Å². The maximum Gasteiger partial charge on any atom is 0.354 e. The Morgan fingerprint density at radius 3 is 2.36 bits per heavy atom. The minimum atomic E-state index is -0.459. The quantitative estimate of drug-likeness (QED) is 0.550. The first kappa shape index (κ1) is 14.1. The number of carbonyl (C=O) groups excluding carboxylic acids is 2. The van der Waals surface area contributed by atoms with Crippen molar-refractivity contribution in [2.75, 3.05) is 7.11 Å². The number of hydrogen-bond acceptors (Lipinski definition) is 3. The van der Waals surface area contributed by atoms with Crippen molar-refractivity contribution < 1.29 is 14.3 Å². The number of fused-ring (bicyclic) bond motifs is 1. The van der Waals surface area contributed by atoms with Gasteiger partial charge in [-0.15, -0.1) is 0 Å². The molecule has 0 atom stereocenters. The van der Waals surface area contributed by atoms with E-state index in [1.807, 2.05) is 36.4 Å². The third-order valence-corrected chi connectivity index (χ3v) is 3.78. The van der Waals surface area contributed by atoms with Crippen LogP contribution in [0.15, 0.2) is 54.6 Å². The fourth-order valence-corrected chi connectivity index (χ4v) is 2.61. The van der Waals surface area contributed by atoms with E-state index in [9.17, 15) is 9.59 Å². The lowest BCUT2D eigenvalue weighted by Gasteiger charge is -2.08. The average molecular weight is 293 g/mol. The van der Waals surface area contributed by atoms with Crippen molar-refractivity contribution in [1.29, 1.82) is 0 Å². The van der Waals surface area contributed by atoms with Crippen LogP contribution in [0.4, 0.5) is 0 Å². The van der Waals surface area contributed by atoms with Crippen LogP contribution in [-0.4, -0.2) is 23.4 Å². The Morgan fingerprint density at radius 1 is 0.909 bits per heavy atom. The molecule has 0 fully saturated rings. The maximum absolute atomic E-state index is 12.8. The Kier molecular flexibility index (Phi) is 3.51. The van der Waals surface area contributed by atoms with Gasteiger partial charge < -0.3 is 9.30 Å². The summed E-state index contributed by atoms with van der Waals surface area (Å²) >= 11 is 0. The van der Waals surface area contributed by atoms with Gasteiger partial charge in [0.25, 0.3) is 0 Å². The van der Waals surface area contributed by atoms with Crippen LogP contribution in [0.2, 0.25) is 0 Å². The summed E-state index contributed by atoms with van der Waals surface area (Å²) in [6.07, 6.45) is 0. The molecule has 4 nitrogen and oxygen atoms in total. The minimum Gasteiger partial charge on any atom is -0.464 e. The molecule has 0 aliphatic rings. The van der Waals surface area contributed by atoms with Crippen molar-refractivity contribution in [2.24, 2.45) is 7.05 Å². The average Bonchev–Trinajstić information content (AvgIpc) is 2.94. The molecule has 0 unspecified atom stereocenters. The molecule has 0 aliphatic heterocycles. The van der Waals surface area contributed by atoms with Crippen LogP contribution < -0.4 is 0 Å². The molecule has 0 aliphatic carbocycles. The van der Waals surface area contributed by atoms with Crippen LogP contribution in [0, 0.1) is 0 Å². The van der Waals surface area contributed by atoms with Crippen LogP contribution in [0.25, 0.3) is 10.8 Å². The number of ketones is 1. The van der Waals surface area contributed by atoms with Crippen LogP contribution in [0.1, 0.15) is 26.5 Å². The topological polar surface area (TPSA) is 48.3 Å². The lowest BCUT2D eigenvalue weighted by atomic mass is 10.00. The van der Waals surface area contributed by atoms with E-state index < -0.39 is 5.97 Å². The van der Waals surface area contributed by atoms with Crippen LogP contribution in [0.5, 0.6) is 0 Å². The highest BCUT2D eigenvalue weighted by atomic mass is 16.5. The molecule has 0 N–H and O–H groups in total. The molecule has 110 valence electrons. The van der Waals surface area contributed by atoms with E-state index >= 15 is 0 Å². The van der Waals surface area contributed by atoms with Gasteiger partial charge >= 0.3 is 5.97 Å². The molecular formula is C18H15NO3. The second kappa shape index (κ2) is 5.48. The molecule has 0 bridgehead atoms. The lowest BCUT2D eigenvalue weighted by Crippen LogP contribution is -2.13. The second-order valence-electron chi connectivity index (χ2n) is 5.01. The minimum absolute atomic E-state index is 0.116. The summed E-state index contributed by atoms with van der Waals surface area (Å²) in [4.78, 5) is 24.5. The Morgan fingerprint density at radius 2 is 1.59 bits per heavy atom. The first-order chi connectivity index (χ1) is 10.6. The summed E-state index contributed by atoms with van der Waals surface area (Å²) < 4.78 is 6.28. The molecule has 22 heavy (non-hydrogen) atoms. The van der Waals surface area contributed by atoms with Crippen molar-refractivity contribution >= 4 is 22.5 Å². The zero-order valence-corrected chi connectivity index (χ0v) is 12.4. The summed E-state index contributed by atoms with van der Waals surface area (Å²) in [5.74, 6) is -0.575. The Hall–Kier alpha value is -2.88. The standard InChI is InChI=1S/C18H15NO3/c1-19-15(10-11-16(19)18(21)22-2)17(20)14-9-5-7-12-6-3-4-8-13(12)14/h3-11H,1-2H3. The van der Waals surface area contributed by atoms with E-state index in [2.05, 4.69) is 0 Å². The Bertz CT molecular complexity index is 872. The second-order valence-corrected chi connectivity index (χ2v) is 5.01. The smallest absolute Gasteiger partial charge is 0.354 e. The van der Waals surface area contributed by atoms with E-state index in [1.165, 1.54) is 7.11 Å². The molecule has 3 rings (SSSR count). The Labute approximate surface area is 127 Å². The lowest BCUT2D eigenvalue weighted by molar-refractivity contribution is 0.0590. The first-order valence-electron chi connectivity index (χ1n) is 6.90. The normalized spacial score (nSPS) is 10.6. The number of ether oxygens (including phenoxy) is 1. The van der Waals surface area contributed by atoms with Gasteiger partial charge in [-0.3, -0.25) is 4.79 Å². The van der Waals surface area contributed by atoms with E-state index in [0.717, 1.165) is 10.8 Å². The van der Waals surface area contributed by atoms with Gasteiger partial charge in [0.05, 0.1) is 12.8 Å². The molecule has 1 heterocycles. The van der Waals surface area contributed by atoms with Crippen molar-refractivity contribution in [3.63, 3.8) is 0 Å². The van der Waals surface area contributed by atoms with Crippen molar-refractivity contribution in [3.8, 4) is 0 Å². The van der Waals surface area contributed by atoms with Gasteiger partial charge in [-0.1, -0.05) is 42.5 Å². The summed E-state index contributed by atoms with van der Waals surface area (Å²) in [5.41, 5.74) is 1.43. The van der Waals surface area contributed by atoms with E-state index in [-0.39, 0.29) is 5.78 Å². The van der Waals surface area contributed by atoms with Gasteiger partial charge in [-0.05, 0) is 22.9 Å². The van der Waals surface area contributed by atoms with E-state index in [1.54, 1.807) is 29.8 Å². The van der Waals surface area contributed by atoms with E-state index in [4.69, 9.17) is 4.74 Å². The number of aromatic nitrogens is 1. The van der Waals surface area contributed by atoms with Crippen LogP contribution in [-0.2, 0) is 11.8 Å². The van der Waals surface area contributed by atoms with Gasteiger partial charge in [0, 0.05) is 12.6 Å². The number of carbonyl (C=O) groups is 2. The molecule has 0 saturated carbocycles. The molecule has 0 spiro atoms. The number of rotatable bonds is 3. The first-order valence-corrected chi connectivity index (χ1v) is 6.90. The fourth-order valence-electron chi connectivity index (χ4n) is 2.61. The molecule has 4 heteroatoms. The maximum atomic E-state index is 12.8. The number of nitrogens with zero attached hydrogens (tertiary/aromatic N) is 1. The zero-order valence-electron chi connectivity index (χ0n) is 12.4. The highest BCUT2D eigenvalue weighted by Gasteiger charge is 2.19. The van der Waals surface area contributed by atoms with Gasteiger partial charge in [0.15, 0.2) is 0 Å². The molecule has 0 radical (unpaired) electrons. The van der Waals surface area contributed by atoms with Crippen LogP contribution in [0.3, 0.4) is 0 Å². The largest absolute Gasteiger partial charge is 0.464 e. The van der Waals surface area contributed by atoms with Gasteiger partial charge in [0.1, 0.15) is 5.69 Å². The van der Waals surface area contributed by atoms with E-state index in [0.29, 0.717) is 17.0 Å². The number of hydrogen-bond donors (Lipinski definition) is 0. The molecule has 0 saturated heterocycles.